The smallest absolute Gasteiger partial charge is 0.226 e. The summed E-state index contributed by atoms with van der Waals surface area (Å²) < 4.78 is 0. The molecule has 0 saturated carbocycles. The van der Waals surface area contributed by atoms with Crippen molar-refractivity contribution in [1.82, 2.24) is 15.2 Å². The molecule has 1 aromatic carbocycles. The van der Waals surface area contributed by atoms with Gasteiger partial charge in [-0.3, -0.25) is 9.78 Å². The van der Waals surface area contributed by atoms with Gasteiger partial charge in [-0.05, 0) is 30.2 Å². The van der Waals surface area contributed by atoms with E-state index in [1.165, 1.54) is 11.3 Å². The van der Waals surface area contributed by atoms with Crippen LogP contribution in [0, 0.1) is 0 Å². The summed E-state index contributed by atoms with van der Waals surface area (Å²) in [6, 6.07) is 11.2. The monoisotopic (exact) mass is 344 g/mol. The van der Waals surface area contributed by atoms with Gasteiger partial charge in [0.05, 0.1) is 5.02 Å². The lowest BCUT2D eigenvalue weighted by molar-refractivity contribution is -0.116. The molecular weight excluding hydrogens is 332 g/mol. The molecule has 3 aromatic rings. The minimum atomic E-state index is -0.0938. The number of hydrogen-bond donors (Lipinski definition) is 1. The van der Waals surface area contributed by atoms with Gasteiger partial charge in [0.1, 0.15) is 0 Å². The van der Waals surface area contributed by atoms with Crippen LogP contribution in [0.2, 0.25) is 5.02 Å². The summed E-state index contributed by atoms with van der Waals surface area (Å²) in [6.45, 7) is 0. The maximum absolute atomic E-state index is 12.0. The molecule has 116 valence electrons. The van der Waals surface area contributed by atoms with Gasteiger partial charge in [0.2, 0.25) is 11.0 Å². The Morgan fingerprint density at radius 2 is 1.91 bits per heavy atom. The molecule has 0 atom stereocenters. The number of hydrogen-bond acceptors (Lipinski definition) is 5. The third-order valence-corrected chi connectivity index (χ3v) is 4.37. The molecule has 1 amide bonds. The van der Waals surface area contributed by atoms with Crippen LogP contribution in [0.15, 0.2) is 48.8 Å². The molecule has 7 heteroatoms. The van der Waals surface area contributed by atoms with E-state index in [4.69, 9.17) is 11.6 Å². The fourth-order valence-electron chi connectivity index (χ4n) is 2.01. The minimum absolute atomic E-state index is 0.0938. The van der Waals surface area contributed by atoms with Crippen molar-refractivity contribution in [3.63, 3.8) is 0 Å². The van der Waals surface area contributed by atoms with Crippen molar-refractivity contribution in [3.05, 3.63) is 59.4 Å². The van der Waals surface area contributed by atoms with Crippen LogP contribution in [-0.2, 0) is 11.2 Å². The number of benzene rings is 1. The molecule has 2 heterocycles. The lowest BCUT2D eigenvalue weighted by Crippen LogP contribution is -2.12. The van der Waals surface area contributed by atoms with E-state index in [-0.39, 0.29) is 5.91 Å². The number of nitrogens with one attached hydrogen (secondary N) is 1. The summed E-state index contributed by atoms with van der Waals surface area (Å²) in [5.74, 6) is -0.0938. The second-order valence-corrected chi connectivity index (χ2v) is 6.18. The number of anilines is 1. The number of carbonyl (C=O) groups excluding carboxylic acids is 1. The summed E-state index contributed by atoms with van der Waals surface area (Å²) in [4.78, 5) is 15.9. The summed E-state index contributed by atoms with van der Waals surface area (Å²) in [6.07, 6.45) is 4.47. The highest BCUT2D eigenvalue weighted by Gasteiger charge is 2.11. The average Bonchev–Trinajstić information content (AvgIpc) is 3.02. The van der Waals surface area contributed by atoms with Crippen LogP contribution in [0.1, 0.15) is 12.0 Å². The summed E-state index contributed by atoms with van der Waals surface area (Å²) in [5, 5.41) is 12.6. The fraction of sp³-hybridized carbons (Fsp3) is 0.125. The Bertz CT molecular complexity index is 807. The van der Waals surface area contributed by atoms with E-state index in [9.17, 15) is 4.79 Å². The van der Waals surface area contributed by atoms with Crippen LogP contribution < -0.4 is 5.32 Å². The first-order valence-corrected chi connectivity index (χ1v) is 8.19. The Balaban J connectivity index is 1.61. The molecule has 0 unspecified atom stereocenters. The van der Waals surface area contributed by atoms with E-state index in [1.807, 2.05) is 30.3 Å². The van der Waals surface area contributed by atoms with E-state index < -0.39 is 0 Å². The van der Waals surface area contributed by atoms with Crippen molar-refractivity contribution in [2.24, 2.45) is 0 Å². The normalized spacial score (nSPS) is 10.5. The number of pyridine rings is 1. The first kappa shape index (κ1) is 15.6. The second kappa shape index (κ2) is 7.30. The van der Waals surface area contributed by atoms with E-state index in [1.54, 1.807) is 18.5 Å². The molecular formula is C16H13ClN4OS. The number of carbonyl (C=O) groups is 1. The van der Waals surface area contributed by atoms with Crippen LogP contribution in [0.3, 0.4) is 0 Å². The molecule has 3 rings (SSSR count). The Labute approximate surface area is 142 Å². The molecule has 0 spiro atoms. The number of nitrogens with zero attached hydrogens (tertiary/aromatic N) is 3. The predicted molar refractivity (Wildman–Crippen MR) is 91.5 cm³/mol. The summed E-state index contributed by atoms with van der Waals surface area (Å²) >= 11 is 7.44. The van der Waals surface area contributed by atoms with Crippen molar-refractivity contribution in [2.45, 2.75) is 12.8 Å². The highest BCUT2D eigenvalue weighted by molar-refractivity contribution is 7.18. The highest BCUT2D eigenvalue weighted by Crippen LogP contribution is 2.31. The fourth-order valence-corrected chi connectivity index (χ4v) is 3.09. The van der Waals surface area contributed by atoms with Crippen molar-refractivity contribution < 1.29 is 4.79 Å². The highest BCUT2D eigenvalue weighted by atomic mass is 35.5. The van der Waals surface area contributed by atoms with Gasteiger partial charge in [0.15, 0.2) is 5.01 Å². The lowest BCUT2D eigenvalue weighted by Gasteiger charge is -2.01. The number of aryl methyl sites for hydroxylation is 1. The lowest BCUT2D eigenvalue weighted by atomic mass is 10.1. The third-order valence-electron chi connectivity index (χ3n) is 3.17. The number of aromatic nitrogens is 3. The summed E-state index contributed by atoms with van der Waals surface area (Å²) in [5.41, 5.74) is 1.88. The standard InChI is InChI=1S/C16H13ClN4OS/c17-13-4-2-1-3-12(13)15-20-21-16(23-15)19-14(22)6-5-11-7-9-18-10-8-11/h1-4,7-10H,5-6H2,(H,19,21,22). The van der Waals surface area contributed by atoms with Crippen LogP contribution in [0.25, 0.3) is 10.6 Å². The van der Waals surface area contributed by atoms with E-state index in [2.05, 4.69) is 20.5 Å². The SMILES string of the molecule is O=C(CCc1ccncc1)Nc1nnc(-c2ccccc2Cl)s1. The maximum atomic E-state index is 12.0. The van der Waals surface area contributed by atoms with Gasteiger partial charge in [-0.15, -0.1) is 10.2 Å². The molecule has 0 radical (unpaired) electrons. The van der Waals surface area contributed by atoms with Gasteiger partial charge in [0, 0.05) is 24.4 Å². The zero-order chi connectivity index (χ0) is 16.1. The Morgan fingerprint density at radius 1 is 1.13 bits per heavy atom. The first-order valence-electron chi connectivity index (χ1n) is 6.99. The van der Waals surface area contributed by atoms with E-state index in [0.29, 0.717) is 28.0 Å². The molecule has 0 fully saturated rings. The number of amides is 1. The third kappa shape index (κ3) is 4.12. The maximum Gasteiger partial charge on any atom is 0.226 e. The zero-order valence-corrected chi connectivity index (χ0v) is 13.6. The van der Waals surface area contributed by atoms with Gasteiger partial charge >= 0.3 is 0 Å². The van der Waals surface area contributed by atoms with Crippen molar-refractivity contribution in [1.29, 1.82) is 0 Å². The average molecular weight is 345 g/mol. The largest absolute Gasteiger partial charge is 0.301 e. The minimum Gasteiger partial charge on any atom is -0.301 e. The molecule has 2 aromatic heterocycles. The molecule has 0 bridgehead atoms. The van der Waals surface area contributed by atoms with Crippen molar-refractivity contribution >= 4 is 34.0 Å². The number of halogens is 1. The summed E-state index contributed by atoms with van der Waals surface area (Å²) in [7, 11) is 0. The molecule has 23 heavy (non-hydrogen) atoms. The predicted octanol–water partition coefficient (Wildman–Crippen LogP) is 3.82. The number of rotatable bonds is 5. The molecule has 0 aliphatic carbocycles. The molecule has 0 saturated heterocycles. The molecule has 5 nitrogen and oxygen atoms in total. The van der Waals surface area contributed by atoms with Crippen molar-refractivity contribution in [3.8, 4) is 10.6 Å². The van der Waals surface area contributed by atoms with Gasteiger partial charge in [0.25, 0.3) is 0 Å². The Kier molecular flexibility index (Phi) is 4.95. The van der Waals surface area contributed by atoms with Crippen LogP contribution in [-0.4, -0.2) is 21.1 Å². The van der Waals surface area contributed by atoms with Crippen LogP contribution in [0.4, 0.5) is 5.13 Å². The Morgan fingerprint density at radius 3 is 2.70 bits per heavy atom. The second-order valence-electron chi connectivity index (χ2n) is 4.80. The van der Waals surface area contributed by atoms with Gasteiger partial charge in [-0.1, -0.05) is 41.1 Å². The quantitative estimate of drug-likeness (QED) is 0.763. The Hall–Kier alpha value is -2.31. The van der Waals surface area contributed by atoms with E-state index in [0.717, 1.165) is 11.1 Å². The molecule has 0 aliphatic heterocycles. The topological polar surface area (TPSA) is 67.8 Å². The van der Waals surface area contributed by atoms with Gasteiger partial charge in [-0.2, -0.15) is 0 Å². The van der Waals surface area contributed by atoms with Gasteiger partial charge < -0.3 is 5.32 Å². The van der Waals surface area contributed by atoms with Crippen LogP contribution >= 0.6 is 22.9 Å². The van der Waals surface area contributed by atoms with Gasteiger partial charge in [-0.25, -0.2) is 0 Å². The van der Waals surface area contributed by atoms with Crippen molar-refractivity contribution in [2.75, 3.05) is 5.32 Å². The molecule has 0 aliphatic rings. The zero-order valence-electron chi connectivity index (χ0n) is 12.1. The molecule has 1 N–H and O–H groups in total. The van der Waals surface area contributed by atoms with Crippen LogP contribution in [0.5, 0.6) is 0 Å². The van der Waals surface area contributed by atoms with E-state index >= 15 is 0 Å². The first-order chi connectivity index (χ1) is 11.2.